The van der Waals surface area contributed by atoms with Crippen LogP contribution in [-0.2, 0) is 12.6 Å². The molecule has 0 spiro atoms. The van der Waals surface area contributed by atoms with Crippen molar-refractivity contribution in [3.05, 3.63) is 76.4 Å². The van der Waals surface area contributed by atoms with E-state index in [9.17, 15) is 18.0 Å². The van der Waals surface area contributed by atoms with E-state index < -0.39 is 11.7 Å². The first-order valence-electron chi connectivity index (χ1n) is 7.12. The van der Waals surface area contributed by atoms with E-state index in [0.717, 1.165) is 29.0 Å². The smallest absolute Gasteiger partial charge is 0.298 e. The van der Waals surface area contributed by atoms with E-state index >= 15 is 0 Å². The van der Waals surface area contributed by atoms with Crippen LogP contribution in [0.15, 0.2) is 54.7 Å². The van der Waals surface area contributed by atoms with E-state index in [1.807, 2.05) is 12.1 Å². The van der Waals surface area contributed by atoms with Gasteiger partial charge in [0.1, 0.15) is 6.29 Å². The predicted molar refractivity (Wildman–Crippen MR) is 87.2 cm³/mol. The van der Waals surface area contributed by atoms with Gasteiger partial charge in [0.15, 0.2) is 0 Å². The van der Waals surface area contributed by atoms with Crippen LogP contribution < -0.4 is 0 Å². The minimum atomic E-state index is -4.36. The SMILES string of the molecule is O=Cc1ccc(Cc2ncc(-c3cccc(C(F)(F)F)c3)s2)cc1. The summed E-state index contributed by atoms with van der Waals surface area (Å²) in [6.07, 6.45) is -1.42. The molecule has 0 radical (unpaired) electrons. The van der Waals surface area contributed by atoms with Crippen molar-refractivity contribution in [3.8, 4) is 10.4 Å². The van der Waals surface area contributed by atoms with E-state index in [4.69, 9.17) is 0 Å². The number of rotatable bonds is 4. The van der Waals surface area contributed by atoms with Gasteiger partial charge in [0.25, 0.3) is 0 Å². The number of alkyl halides is 3. The molecule has 6 heteroatoms. The molecule has 0 saturated carbocycles. The van der Waals surface area contributed by atoms with E-state index in [2.05, 4.69) is 4.98 Å². The second-order valence-corrected chi connectivity index (χ2v) is 6.35. The quantitative estimate of drug-likeness (QED) is 0.605. The zero-order chi connectivity index (χ0) is 17.2. The molecule has 0 fully saturated rings. The molecule has 1 aromatic heterocycles. The number of hydrogen-bond donors (Lipinski definition) is 0. The number of hydrogen-bond acceptors (Lipinski definition) is 3. The van der Waals surface area contributed by atoms with Gasteiger partial charge in [0, 0.05) is 18.2 Å². The third kappa shape index (κ3) is 3.71. The molecule has 1 heterocycles. The molecule has 0 aliphatic heterocycles. The first kappa shape index (κ1) is 16.4. The van der Waals surface area contributed by atoms with Crippen LogP contribution >= 0.6 is 11.3 Å². The van der Waals surface area contributed by atoms with Crippen molar-refractivity contribution in [2.45, 2.75) is 12.6 Å². The second-order valence-electron chi connectivity index (χ2n) is 5.23. The fraction of sp³-hybridized carbons (Fsp3) is 0.111. The van der Waals surface area contributed by atoms with Gasteiger partial charge in [0.05, 0.1) is 15.4 Å². The fourth-order valence-electron chi connectivity index (χ4n) is 2.26. The lowest BCUT2D eigenvalue weighted by molar-refractivity contribution is -0.137. The van der Waals surface area contributed by atoms with Crippen LogP contribution in [0.25, 0.3) is 10.4 Å². The Morgan fingerprint density at radius 1 is 1.08 bits per heavy atom. The summed E-state index contributed by atoms with van der Waals surface area (Å²) in [6, 6.07) is 12.4. The van der Waals surface area contributed by atoms with Crippen LogP contribution in [0.1, 0.15) is 26.5 Å². The maximum Gasteiger partial charge on any atom is 0.416 e. The Bertz CT molecular complexity index is 853. The van der Waals surface area contributed by atoms with Gasteiger partial charge in [-0.3, -0.25) is 4.79 Å². The molecular formula is C18H12F3NOS. The Balaban J connectivity index is 1.81. The van der Waals surface area contributed by atoms with Crippen LogP contribution in [0.5, 0.6) is 0 Å². The maximum atomic E-state index is 12.8. The molecule has 0 saturated heterocycles. The summed E-state index contributed by atoms with van der Waals surface area (Å²) in [5.74, 6) is 0. The number of nitrogens with zero attached hydrogens (tertiary/aromatic N) is 1. The number of benzene rings is 2. The molecule has 3 aromatic rings. The zero-order valence-electron chi connectivity index (χ0n) is 12.4. The highest BCUT2D eigenvalue weighted by molar-refractivity contribution is 7.15. The second kappa shape index (κ2) is 6.57. The molecule has 0 aliphatic rings. The topological polar surface area (TPSA) is 30.0 Å². The highest BCUT2D eigenvalue weighted by atomic mass is 32.1. The van der Waals surface area contributed by atoms with Gasteiger partial charge in [-0.2, -0.15) is 13.2 Å². The van der Waals surface area contributed by atoms with Crippen molar-refractivity contribution >= 4 is 17.6 Å². The Morgan fingerprint density at radius 2 is 1.83 bits per heavy atom. The standard InChI is InChI=1S/C18H12F3NOS/c19-18(20,21)15-3-1-2-14(9-15)16-10-22-17(24-16)8-12-4-6-13(11-23)7-5-12/h1-7,9-11H,8H2. The lowest BCUT2D eigenvalue weighted by Gasteiger charge is -2.07. The number of halogens is 3. The molecule has 0 unspecified atom stereocenters. The Labute approximate surface area is 140 Å². The molecule has 24 heavy (non-hydrogen) atoms. The summed E-state index contributed by atoms with van der Waals surface area (Å²) in [6.45, 7) is 0. The first-order valence-corrected chi connectivity index (χ1v) is 7.94. The van der Waals surface area contributed by atoms with Crippen LogP contribution in [0.2, 0.25) is 0 Å². The summed E-state index contributed by atoms with van der Waals surface area (Å²) in [5, 5.41) is 0.807. The normalized spacial score (nSPS) is 11.5. The van der Waals surface area contributed by atoms with Gasteiger partial charge in [-0.15, -0.1) is 11.3 Å². The van der Waals surface area contributed by atoms with E-state index in [1.165, 1.54) is 17.4 Å². The van der Waals surface area contributed by atoms with Gasteiger partial charge < -0.3 is 0 Å². The van der Waals surface area contributed by atoms with Crippen LogP contribution in [0, 0.1) is 0 Å². The fourth-order valence-corrected chi connectivity index (χ4v) is 3.21. The van der Waals surface area contributed by atoms with Crippen molar-refractivity contribution in [3.63, 3.8) is 0 Å². The largest absolute Gasteiger partial charge is 0.416 e. The molecular weight excluding hydrogens is 335 g/mol. The lowest BCUT2D eigenvalue weighted by atomic mass is 10.1. The minimum Gasteiger partial charge on any atom is -0.298 e. The van der Waals surface area contributed by atoms with E-state index in [0.29, 0.717) is 22.4 Å². The third-order valence-electron chi connectivity index (χ3n) is 3.50. The van der Waals surface area contributed by atoms with Gasteiger partial charge in [0.2, 0.25) is 0 Å². The number of thiazole rings is 1. The van der Waals surface area contributed by atoms with Crippen molar-refractivity contribution in [2.24, 2.45) is 0 Å². The highest BCUT2D eigenvalue weighted by Crippen LogP contribution is 2.34. The van der Waals surface area contributed by atoms with Crippen molar-refractivity contribution in [2.75, 3.05) is 0 Å². The van der Waals surface area contributed by atoms with Gasteiger partial charge in [-0.05, 0) is 23.3 Å². The number of carbonyl (C=O) groups excluding carboxylic acids is 1. The molecule has 0 amide bonds. The number of aldehydes is 1. The van der Waals surface area contributed by atoms with Crippen LogP contribution in [0.4, 0.5) is 13.2 Å². The zero-order valence-corrected chi connectivity index (χ0v) is 13.2. The average Bonchev–Trinajstić information content (AvgIpc) is 3.03. The molecule has 2 nitrogen and oxygen atoms in total. The summed E-state index contributed by atoms with van der Waals surface area (Å²) in [5.41, 5.74) is 1.43. The molecule has 0 N–H and O–H groups in total. The van der Waals surface area contributed by atoms with Gasteiger partial charge in [-0.1, -0.05) is 36.4 Å². The molecule has 0 aliphatic carbocycles. The van der Waals surface area contributed by atoms with E-state index in [-0.39, 0.29) is 0 Å². The summed E-state index contributed by atoms with van der Waals surface area (Å²) < 4.78 is 38.4. The van der Waals surface area contributed by atoms with Gasteiger partial charge in [-0.25, -0.2) is 4.98 Å². The molecule has 3 rings (SSSR count). The lowest BCUT2D eigenvalue weighted by Crippen LogP contribution is -2.04. The van der Waals surface area contributed by atoms with Gasteiger partial charge >= 0.3 is 6.18 Å². The Morgan fingerprint density at radius 3 is 2.50 bits per heavy atom. The third-order valence-corrected chi connectivity index (χ3v) is 4.55. The Hall–Kier alpha value is -2.47. The van der Waals surface area contributed by atoms with Crippen LogP contribution in [0.3, 0.4) is 0 Å². The minimum absolute atomic E-state index is 0.505. The summed E-state index contributed by atoms with van der Waals surface area (Å²) in [4.78, 5) is 15.6. The summed E-state index contributed by atoms with van der Waals surface area (Å²) >= 11 is 1.36. The monoisotopic (exact) mass is 347 g/mol. The number of aromatic nitrogens is 1. The molecule has 122 valence electrons. The van der Waals surface area contributed by atoms with Crippen molar-refractivity contribution in [1.82, 2.24) is 4.98 Å². The van der Waals surface area contributed by atoms with Crippen LogP contribution in [-0.4, -0.2) is 11.3 Å². The highest BCUT2D eigenvalue weighted by Gasteiger charge is 2.30. The Kier molecular flexibility index (Phi) is 4.49. The maximum absolute atomic E-state index is 12.8. The molecule has 0 bridgehead atoms. The van der Waals surface area contributed by atoms with E-state index in [1.54, 1.807) is 24.4 Å². The average molecular weight is 347 g/mol. The first-order chi connectivity index (χ1) is 11.5. The predicted octanol–water partition coefficient (Wildman–Crippen LogP) is 5.23. The molecule has 2 aromatic carbocycles. The number of carbonyl (C=O) groups is 1. The van der Waals surface area contributed by atoms with Crippen molar-refractivity contribution in [1.29, 1.82) is 0 Å². The molecule has 0 atom stereocenters. The summed E-state index contributed by atoms with van der Waals surface area (Å²) in [7, 11) is 0. The van der Waals surface area contributed by atoms with Crippen molar-refractivity contribution < 1.29 is 18.0 Å².